The van der Waals surface area contributed by atoms with Gasteiger partial charge in [-0.05, 0) is 50.9 Å². The highest BCUT2D eigenvalue weighted by atomic mass is 32.2. The summed E-state index contributed by atoms with van der Waals surface area (Å²) in [4.78, 5) is 27.3. The van der Waals surface area contributed by atoms with Gasteiger partial charge in [-0.2, -0.15) is 21.6 Å². The lowest BCUT2D eigenvalue weighted by Crippen LogP contribution is -2.76. The van der Waals surface area contributed by atoms with Gasteiger partial charge in [-0.1, -0.05) is 38.0 Å². The summed E-state index contributed by atoms with van der Waals surface area (Å²) in [7, 11) is -6.02. The zero-order valence-corrected chi connectivity index (χ0v) is 23.3. The highest BCUT2D eigenvalue weighted by Gasteiger charge is 2.73. The average Bonchev–Trinajstić information content (AvgIpc) is 2.80. The molecule has 4 rings (SSSR count). The van der Waals surface area contributed by atoms with E-state index in [0.717, 1.165) is 24.0 Å². The van der Waals surface area contributed by atoms with Gasteiger partial charge in [0.15, 0.2) is 5.60 Å². The lowest BCUT2D eigenvalue weighted by Gasteiger charge is -2.65. The van der Waals surface area contributed by atoms with E-state index >= 15 is 0 Å². The van der Waals surface area contributed by atoms with E-state index in [2.05, 4.69) is 20.4 Å². The first kappa shape index (κ1) is 29.3. The fourth-order valence-electron chi connectivity index (χ4n) is 7.70. The van der Waals surface area contributed by atoms with Crippen LogP contribution in [0.1, 0.15) is 73.1 Å². The molecule has 1 heterocycles. The third-order valence-electron chi connectivity index (χ3n) is 9.75. The van der Waals surface area contributed by atoms with Crippen LogP contribution >= 0.6 is 0 Å². The number of rotatable bonds is 6. The number of allylic oxidation sites excluding steroid dienone is 3. The Balaban J connectivity index is 1.96. The Labute approximate surface area is 222 Å². The Morgan fingerprint density at radius 3 is 2.42 bits per heavy atom. The highest BCUT2D eigenvalue weighted by molar-refractivity contribution is 7.87. The first-order valence-corrected chi connectivity index (χ1v) is 14.6. The van der Waals surface area contributed by atoms with Crippen molar-refractivity contribution in [3.63, 3.8) is 0 Å². The Bertz CT molecular complexity index is 1160. The molecule has 1 saturated heterocycles. The number of halogens is 3. The van der Waals surface area contributed by atoms with Crippen molar-refractivity contribution in [2.24, 2.45) is 28.6 Å². The molecule has 0 N–H and O–H groups in total. The summed E-state index contributed by atoms with van der Waals surface area (Å²) in [6.07, 6.45) is 0.915. The van der Waals surface area contributed by atoms with Crippen LogP contribution in [0.3, 0.4) is 0 Å². The van der Waals surface area contributed by atoms with Gasteiger partial charge in [0.1, 0.15) is 11.9 Å². The maximum absolute atomic E-state index is 14.7. The van der Waals surface area contributed by atoms with Crippen molar-refractivity contribution in [3.8, 4) is 0 Å². The summed E-state index contributed by atoms with van der Waals surface area (Å²) >= 11 is 0. The van der Waals surface area contributed by atoms with E-state index in [-0.39, 0.29) is 31.8 Å². The summed E-state index contributed by atoms with van der Waals surface area (Å²) in [5.41, 5.74) is -7.07. The molecule has 2 bridgehead atoms. The van der Waals surface area contributed by atoms with Crippen molar-refractivity contribution < 1.29 is 44.8 Å². The van der Waals surface area contributed by atoms with Crippen molar-refractivity contribution in [1.29, 1.82) is 0 Å². The molecule has 0 radical (unpaired) electrons. The number of hydrogen-bond acceptors (Lipinski definition) is 7. The number of hydrogen-bond donors (Lipinski definition) is 0. The van der Waals surface area contributed by atoms with E-state index in [4.69, 9.17) is 13.7 Å². The minimum atomic E-state index is -6.02. The van der Waals surface area contributed by atoms with Gasteiger partial charge in [-0.25, -0.2) is 0 Å². The Hall–Kier alpha value is -1.72. The van der Waals surface area contributed by atoms with Crippen LogP contribution in [-0.4, -0.2) is 50.1 Å². The van der Waals surface area contributed by atoms with Gasteiger partial charge in [0, 0.05) is 24.7 Å². The van der Waals surface area contributed by atoms with Crippen molar-refractivity contribution in [2.75, 3.05) is 6.61 Å². The molecule has 214 valence electrons. The molecule has 2 saturated carbocycles. The zero-order chi connectivity index (χ0) is 28.5. The topological polar surface area (TPSA) is 96.0 Å². The van der Waals surface area contributed by atoms with Crippen molar-refractivity contribution >= 4 is 21.9 Å². The molecule has 3 aliphatic carbocycles. The number of carbonyl (C=O) groups is 2. The molecule has 3 fully saturated rings. The molecule has 1 aliphatic heterocycles. The first-order valence-electron chi connectivity index (χ1n) is 13.2. The van der Waals surface area contributed by atoms with E-state index in [0.29, 0.717) is 6.42 Å². The number of carbonyl (C=O) groups excluding carboxylic acids is 2. The van der Waals surface area contributed by atoms with Crippen LogP contribution in [0.15, 0.2) is 23.8 Å². The summed E-state index contributed by atoms with van der Waals surface area (Å²) in [5, 5.41) is 0. The molecule has 7 atom stereocenters. The van der Waals surface area contributed by atoms with Gasteiger partial charge < -0.3 is 9.47 Å². The Morgan fingerprint density at radius 1 is 1.24 bits per heavy atom. The lowest BCUT2D eigenvalue weighted by molar-refractivity contribution is -0.320. The number of ketones is 1. The first-order chi connectivity index (χ1) is 17.5. The smallest absolute Gasteiger partial charge is 0.453 e. The van der Waals surface area contributed by atoms with Crippen LogP contribution in [0.4, 0.5) is 13.2 Å². The number of ether oxygens (including phenoxy) is 2. The van der Waals surface area contributed by atoms with E-state index in [1.165, 1.54) is 6.92 Å². The number of alkyl halides is 3. The second kappa shape index (κ2) is 9.44. The summed E-state index contributed by atoms with van der Waals surface area (Å²) in [6.45, 7) is 13.1. The molecule has 7 nitrogen and oxygen atoms in total. The van der Waals surface area contributed by atoms with Crippen LogP contribution < -0.4 is 0 Å². The summed E-state index contributed by atoms with van der Waals surface area (Å²) in [6, 6.07) is 0. The molecule has 1 unspecified atom stereocenters. The summed E-state index contributed by atoms with van der Waals surface area (Å²) < 4.78 is 81.5. The minimum Gasteiger partial charge on any atom is -0.453 e. The van der Waals surface area contributed by atoms with Gasteiger partial charge >= 0.3 is 21.6 Å². The predicted octanol–water partition coefficient (Wildman–Crippen LogP) is 5.26. The van der Waals surface area contributed by atoms with Crippen molar-refractivity contribution in [1.82, 2.24) is 0 Å². The van der Waals surface area contributed by atoms with Crippen LogP contribution in [0, 0.1) is 28.6 Å². The fourth-order valence-corrected chi connectivity index (χ4v) is 8.39. The zero-order valence-electron chi connectivity index (χ0n) is 22.5. The molecular weight excluding hydrogens is 525 g/mol. The van der Waals surface area contributed by atoms with Gasteiger partial charge in [0.05, 0.1) is 18.1 Å². The quantitative estimate of drug-likeness (QED) is 0.189. The van der Waals surface area contributed by atoms with E-state index in [1.807, 2.05) is 6.92 Å². The molecule has 0 aromatic carbocycles. The second-order valence-electron chi connectivity index (χ2n) is 12.0. The molecule has 4 aliphatic rings. The van der Waals surface area contributed by atoms with Crippen LogP contribution in [0.2, 0.25) is 0 Å². The van der Waals surface area contributed by atoms with Gasteiger partial charge in [0.25, 0.3) is 0 Å². The second-order valence-corrected chi connectivity index (χ2v) is 13.5. The molecule has 38 heavy (non-hydrogen) atoms. The predicted molar refractivity (Wildman–Crippen MR) is 132 cm³/mol. The minimum absolute atomic E-state index is 0.00219. The molecule has 0 aromatic rings. The molecular formula is C27H37F3O7S. The van der Waals surface area contributed by atoms with E-state index < -0.39 is 67.9 Å². The standard InChI is InChI=1S/C27H37F3O7S/c1-7-9-17-22-15(3)10-11-16(24(22,4)5)12-18-25(6,23(17)32)19(37-38(33,34)27(28,29)30)13-20-26(18,14-35-20)36-21(31)8-2/h7,16-20H,1,8-14H2,2-6H3/t16-,17+,18?,19-,20+,25-,26+/m0/s1. The third-order valence-corrected chi connectivity index (χ3v) is 10.8. The van der Waals surface area contributed by atoms with Crippen LogP contribution in [-0.2, 0) is 33.4 Å². The van der Waals surface area contributed by atoms with Gasteiger partial charge in [0.2, 0.25) is 0 Å². The normalized spacial score (nSPS) is 38.7. The largest absolute Gasteiger partial charge is 0.523 e. The third kappa shape index (κ3) is 4.18. The lowest BCUT2D eigenvalue weighted by atomic mass is 9.46. The maximum atomic E-state index is 14.7. The van der Waals surface area contributed by atoms with Gasteiger partial charge in [-0.15, -0.1) is 6.58 Å². The number of esters is 1. The average molecular weight is 563 g/mol. The maximum Gasteiger partial charge on any atom is 0.523 e. The summed E-state index contributed by atoms with van der Waals surface area (Å²) in [5.74, 6) is -2.46. The fraction of sp³-hybridized carbons (Fsp3) is 0.778. The number of Topliss-reactive ketones (excluding diaryl/α,β-unsaturated/α-hetero) is 1. The van der Waals surface area contributed by atoms with E-state index in [9.17, 15) is 31.2 Å². The van der Waals surface area contributed by atoms with Crippen molar-refractivity contribution in [2.45, 2.75) is 96.5 Å². The molecule has 0 aromatic heterocycles. The molecule has 11 heteroatoms. The van der Waals surface area contributed by atoms with Crippen molar-refractivity contribution in [3.05, 3.63) is 23.8 Å². The highest BCUT2D eigenvalue weighted by Crippen LogP contribution is 2.64. The van der Waals surface area contributed by atoms with Crippen LogP contribution in [0.5, 0.6) is 0 Å². The van der Waals surface area contributed by atoms with Crippen LogP contribution in [0.25, 0.3) is 0 Å². The SMILES string of the molecule is C=CC[C@H]1C(=O)[C@@]2(C)C(C[C@@H]3CCC(C)=C1C3(C)C)[C@]1(OC(=O)CC)CO[C@@H]1C[C@@H]2OS(=O)(=O)C(F)(F)F. The molecule has 0 amide bonds. The Kier molecular flexibility index (Phi) is 7.27. The van der Waals surface area contributed by atoms with Gasteiger partial charge in [-0.3, -0.25) is 13.8 Å². The van der Waals surface area contributed by atoms with E-state index in [1.54, 1.807) is 13.0 Å². The monoisotopic (exact) mass is 562 g/mol. The number of fused-ring (bicyclic) bond motifs is 5. The molecule has 0 spiro atoms. The Morgan fingerprint density at radius 2 is 1.89 bits per heavy atom.